The maximum absolute atomic E-state index is 12.3. The molecular formula is C24H32N10O. The molecule has 0 spiro atoms. The Balaban J connectivity index is 0.000000147. The van der Waals surface area contributed by atoms with Crippen LogP contribution in [0, 0.1) is 20.8 Å². The van der Waals surface area contributed by atoms with Gasteiger partial charge >= 0.3 is 0 Å². The number of amides is 1. The second-order valence-corrected chi connectivity index (χ2v) is 9.42. The molecule has 2 aliphatic heterocycles. The summed E-state index contributed by atoms with van der Waals surface area (Å²) in [7, 11) is 0. The summed E-state index contributed by atoms with van der Waals surface area (Å²) in [5, 5.41) is 8.45. The lowest BCUT2D eigenvalue weighted by Gasteiger charge is -2.25. The molecule has 4 aromatic rings. The van der Waals surface area contributed by atoms with Crippen molar-refractivity contribution in [2.75, 3.05) is 31.1 Å². The van der Waals surface area contributed by atoms with Crippen molar-refractivity contribution >= 4 is 23.1 Å². The summed E-state index contributed by atoms with van der Waals surface area (Å²) in [6.07, 6.45) is 8.15. The van der Waals surface area contributed by atoms with Gasteiger partial charge in [0.2, 0.25) is 5.82 Å². The molecule has 1 atom stereocenters. The van der Waals surface area contributed by atoms with E-state index < -0.39 is 0 Å². The molecule has 0 saturated carbocycles. The Labute approximate surface area is 204 Å². The highest BCUT2D eigenvalue weighted by atomic mass is 16.2. The molecule has 184 valence electrons. The van der Waals surface area contributed by atoms with Gasteiger partial charge < -0.3 is 15.5 Å². The molecule has 11 nitrogen and oxygen atoms in total. The van der Waals surface area contributed by atoms with Gasteiger partial charge in [0, 0.05) is 61.4 Å². The quantitative estimate of drug-likeness (QED) is 0.466. The standard InChI is InChI=1S/C13H17N5O.C11H15N5/c1-9-8-10(2)18-13(14-9)15-11(16-18)12(19)17-6-4-3-5-7-17;1-8-6-16-10(2-4-13-16)14-11(8)15-5-3-9(12)7-15/h8H,3-7H2,1-2H3;2,4,6,9H,3,5,7,12H2,1H3/t;9-/m.0/s1. The Morgan fingerprint density at radius 2 is 1.86 bits per heavy atom. The number of nitrogens with two attached hydrogens (primary N) is 1. The molecule has 35 heavy (non-hydrogen) atoms. The number of anilines is 1. The van der Waals surface area contributed by atoms with Crippen LogP contribution >= 0.6 is 0 Å². The predicted molar refractivity (Wildman–Crippen MR) is 133 cm³/mol. The molecule has 0 aromatic carbocycles. The van der Waals surface area contributed by atoms with Crippen molar-refractivity contribution in [1.82, 2.24) is 39.1 Å². The van der Waals surface area contributed by atoms with E-state index in [9.17, 15) is 4.79 Å². The van der Waals surface area contributed by atoms with Gasteiger partial charge in [-0.15, -0.1) is 5.10 Å². The fourth-order valence-corrected chi connectivity index (χ4v) is 4.73. The van der Waals surface area contributed by atoms with Gasteiger partial charge in [-0.1, -0.05) is 0 Å². The van der Waals surface area contributed by atoms with Gasteiger partial charge in [0.1, 0.15) is 5.82 Å². The van der Waals surface area contributed by atoms with Crippen molar-refractivity contribution in [2.45, 2.75) is 52.5 Å². The van der Waals surface area contributed by atoms with E-state index in [0.29, 0.717) is 5.78 Å². The summed E-state index contributed by atoms with van der Waals surface area (Å²) < 4.78 is 3.43. The maximum Gasteiger partial charge on any atom is 0.293 e. The van der Waals surface area contributed by atoms with E-state index in [0.717, 1.165) is 73.9 Å². The van der Waals surface area contributed by atoms with Crippen molar-refractivity contribution in [3.63, 3.8) is 0 Å². The number of likely N-dealkylation sites (tertiary alicyclic amines) is 1. The summed E-state index contributed by atoms with van der Waals surface area (Å²) >= 11 is 0. The Morgan fingerprint density at radius 1 is 1.06 bits per heavy atom. The molecule has 4 aromatic heterocycles. The van der Waals surface area contributed by atoms with Gasteiger partial charge in [0.05, 0.1) is 6.20 Å². The van der Waals surface area contributed by atoms with Crippen LogP contribution in [-0.4, -0.2) is 77.2 Å². The number of carbonyl (C=O) groups excluding carboxylic acids is 1. The third-order valence-corrected chi connectivity index (χ3v) is 6.52. The lowest BCUT2D eigenvalue weighted by atomic mass is 10.1. The molecule has 6 rings (SSSR count). The molecule has 0 radical (unpaired) electrons. The first-order valence-electron chi connectivity index (χ1n) is 12.2. The van der Waals surface area contributed by atoms with Crippen molar-refractivity contribution in [2.24, 2.45) is 5.73 Å². The van der Waals surface area contributed by atoms with Crippen LogP contribution in [0.2, 0.25) is 0 Å². The molecule has 6 heterocycles. The van der Waals surface area contributed by atoms with Crippen LogP contribution < -0.4 is 10.6 Å². The zero-order valence-corrected chi connectivity index (χ0v) is 20.6. The number of hydrogen-bond acceptors (Lipinski definition) is 8. The van der Waals surface area contributed by atoms with Gasteiger partial charge in [-0.2, -0.15) is 10.1 Å². The lowest BCUT2D eigenvalue weighted by Crippen LogP contribution is -2.36. The minimum absolute atomic E-state index is 0.0812. The molecule has 2 saturated heterocycles. The molecule has 2 N–H and O–H groups in total. The fraction of sp³-hybridized carbons (Fsp3) is 0.500. The fourth-order valence-electron chi connectivity index (χ4n) is 4.73. The van der Waals surface area contributed by atoms with E-state index in [1.165, 1.54) is 6.42 Å². The third-order valence-electron chi connectivity index (χ3n) is 6.52. The van der Waals surface area contributed by atoms with E-state index in [4.69, 9.17) is 5.73 Å². The third kappa shape index (κ3) is 4.81. The van der Waals surface area contributed by atoms with Gasteiger partial charge in [-0.3, -0.25) is 4.79 Å². The van der Waals surface area contributed by atoms with Crippen LogP contribution in [0.3, 0.4) is 0 Å². The van der Waals surface area contributed by atoms with E-state index >= 15 is 0 Å². The minimum atomic E-state index is -0.0812. The first-order valence-corrected chi connectivity index (χ1v) is 12.2. The van der Waals surface area contributed by atoms with E-state index in [1.54, 1.807) is 15.2 Å². The smallest absolute Gasteiger partial charge is 0.293 e. The summed E-state index contributed by atoms with van der Waals surface area (Å²) in [6.45, 7) is 9.42. The van der Waals surface area contributed by atoms with Crippen LogP contribution in [0.15, 0.2) is 24.5 Å². The number of rotatable bonds is 2. The van der Waals surface area contributed by atoms with Gasteiger partial charge in [0.15, 0.2) is 5.65 Å². The molecule has 2 fully saturated rings. The van der Waals surface area contributed by atoms with Crippen LogP contribution in [0.1, 0.15) is 53.3 Å². The summed E-state index contributed by atoms with van der Waals surface area (Å²) in [6, 6.07) is 4.12. The van der Waals surface area contributed by atoms with Crippen LogP contribution in [0.4, 0.5) is 5.82 Å². The predicted octanol–water partition coefficient (Wildman–Crippen LogP) is 1.94. The van der Waals surface area contributed by atoms with Crippen LogP contribution in [0.5, 0.6) is 0 Å². The molecule has 0 unspecified atom stereocenters. The molecular weight excluding hydrogens is 444 g/mol. The summed E-state index contributed by atoms with van der Waals surface area (Å²) in [4.78, 5) is 29.6. The Hall–Kier alpha value is -3.60. The largest absolute Gasteiger partial charge is 0.355 e. The molecule has 1 amide bonds. The minimum Gasteiger partial charge on any atom is -0.355 e. The number of aryl methyl sites for hydroxylation is 3. The number of piperidine rings is 1. The van der Waals surface area contributed by atoms with Gasteiger partial charge in [-0.25, -0.2) is 19.0 Å². The average Bonchev–Trinajstić information content (AvgIpc) is 3.58. The average molecular weight is 477 g/mol. The van der Waals surface area contributed by atoms with E-state index in [-0.39, 0.29) is 17.8 Å². The first-order chi connectivity index (χ1) is 16.9. The Bertz CT molecular complexity index is 1350. The normalized spacial score (nSPS) is 18.2. The SMILES string of the molecule is Cc1cc(C)n2nc(C(=O)N3CCCCC3)nc2n1.Cc1cn2nccc2nc1N1CC[C@H](N)C1. The van der Waals surface area contributed by atoms with Crippen molar-refractivity contribution < 1.29 is 4.79 Å². The number of carbonyl (C=O) groups is 1. The highest BCUT2D eigenvalue weighted by Crippen LogP contribution is 2.22. The van der Waals surface area contributed by atoms with Crippen molar-refractivity contribution in [1.29, 1.82) is 0 Å². The lowest BCUT2D eigenvalue weighted by molar-refractivity contribution is 0.0712. The first kappa shape index (κ1) is 23.2. The van der Waals surface area contributed by atoms with Crippen LogP contribution in [-0.2, 0) is 0 Å². The molecule has 2 aliphatic rings. The molecule has 0 bridgehead atoms. The highest BCUT2D eigenvalue weighted by Gasteiger charge is 2.23. The topological polar surface area (TPSA) is 123 Å². The molecule has 0 aliphatic carbocycles. The zero-order valence-electron chi connectivity index (χ0n) is 20.6. The number of nitrogens with zero attached hydrogens (tertiary/aromatic N) is 9. The Morgan fingerprint density at radius 3 is 2.60 bits per heavy atom. The summed E-state index contributed by atoms with van der Waals surface area (Å²) in [5.74, 6) is 1.71. The van der Waals surface area contributed by atoms with Gasteiger partial charge in [-0.05, 0) is 52.5 Å². The number of fused-ring (bicyclic) bond motifs is 2. The Kier molecular flexibility index (Phi) is 6.33. The van der Waals surface area contributed by atoms with E-state index in [2.05, 4.69) is 37.0 Å². The second kappa shape index (κ2) is 9.57. The molecule has 11 heteroatoms. The summed E-state index contributed by atoms with van der Waals surface area (Å²) in [5.41, 5.74) is 9.77. The second-order valence-electron chi connectivity index (χ2n) is 9.42. The zero-order chi connectivity index (χ0) is 24.5. The van der Waals surface area contributed by atoms with E-state index in [1.807, 2.05) is 37.1 Å². The highest BCUT2D eigenvalue weighted by molar-refractivity contribution is 5.90. The van der Waals surface area contributed by atoms with Gasteiger partial charge in [0.25, 0.3) is 11.7 Å². The van der Waals surface area contributed by atoms with Crippen molar-refractivity contribution in [3.05, 3.63) is 47.3 Å². The van der Waals surface area contributed by atoms with Crippen molar-refractivity contribution in [3.8, 4) is 0 Å². The number of aromatic nitrogens is 7. The monoisotopic (exact) mass is 476 g/mol. The maximum atomic E-state index is 12.3. The number of hydrogen-bond donors (Lipinski definition) is 1. The van der Waals surface area contributed by atoms with Crippen LogP contribution in [0.25, 0.3) is 11.4 Å².